The van der Waals surface area contributed by atoms with Gasteiger partial charge in [0.15, 0.2) is 0 Å². The minimum atomic E-state index is 1.12. The Morgan fingerprint density at radius 1 is 1.16 bits per heavy atom. The molecule has 0 heteroatoms. The van der Waals surface area contributed by atoms with E-state index >= 15 is 0 Å². The Morgan fingerprint density at radius 2 is 1.84 bits per heavy atom. The van der Waals surface area contributed by atoms with Gasteiger partial charge in [0.25, 0.3) is 0 Å². The van der Waals surface area contributed by atoms with Crippen molar-refractivity contribution in [3.8, 4) is 0 Å². The Kier molecular flexibility index (Phi) is 4.09. The topological polar surface area (TPSA) is 0 Å². The van der Waals surface area contributed by atoms with Crippen LogP contribution in [0.5, 0.6) is 0 Å². The van der Waals surface area contributed by atoms with Crippen molar-refractivity contribution in [1.82, 2.24) is 0 Å². The second-order valence-corrected chi connectivity index (χ2v) is 5.80. The zero-order valence-corrected chi connectivity index (χ0v) is 12.5. The van der Waals surface area contributed by atoms with Gasteiger partial charge in [-0.1, -0.05) is 36.4 Å². The lowest BCUT2D eigenvalue weighted by atomic mass is 9.91. The van der Waals surface area contributed by atoms with E-state index < -0.39 is 0 Å². The summed E-state index contributed by atoms with van der Waals surface area (Å²) in [4.78, 5) is 0. The highest BCUT2D eigenvalue weighted by atomic mass is 14.1. The highest BCUT2D eigenvalue weighted by Gasteiger charge is 2.07. The Morgan fingerprint density at radius 3 is 2.47 bits per heavy atom. The Hall–Kier alpha value is -1.56. The fourth-order valence-electron chi connectivity index (χ4n) is 2.68. The monoisotopic (exact) mass is 252 g/mol. The summed E-state index contributed by atoms with van der Waals surface area (Å²) in [6.07, 6.45) is 7.45. The lowest BCUT2D eigenvalue weighted by Crippen LogP contribution is -2.26. The van der Waals surface area contributed by atoms with E-state index in [-0.39, 0.29) is 0 Å². The molecule has 2 rings (SSSR count). The van der Waals surface area contributed by atoms with E-state index in [9.17, 15) is 0 Å². The second-order valence-electron chi connectivity index (χ2n) is 5.80. The second kappa shape index (κ2) is 5.61. The molecule has 19 heavy (non-hydrogen) atoms. The molecule has 0 fully saturated rings. The maximum atomic E-state index is 4.23. The highest BCUT2D eigenvalue weighted by Crippen LogP contribution is 2.24. The molecule has 1 aromatic rings. The molecule has 0 radical (unpaired) electrons. The molecular weight excluding hydrogens is 228 g/mol. The van der Waals surface area contributed by atoms with Crippen molar-refractivity contribution < 1.29 is 0 Å². The zero-order chi connectivity index (χ0) is 14.0. The number of rotatable bonds is 2. The van der Waals surface area contributed by atoms with Crippen LogP contribution in [0.25, 0.3) is 18.2 Å². The largest absolute Gasteiger partial charge is 0.0955 e. The smallest absolute Gasteiger partial charge is 0.0179 e. The SMILES string of the molecule is C=C(C)c1cc(C)c(=C)/c(=C\C2=C(C)CCCC2)c1. The summed E-state index contributed by atoms with van der Waals surface area (Å²) >= 11 is 0. The first kappa shape index (κ1) is 13.9. The Labute approximate surface area is 116 Å². The van der Waals surface area contributed by atoms with Crippen molar-refractivity contribution in [2.45, 2.75) is 46.5 Å². The van der Waals surface area contributed by atoms with E-state index in [4.69, 9.17) is 0 Å². The van der Waals surface area contributed by atoms with E-state index in [1.54, 1.807) is 5.57 Å². The lowest BCUT2D eigenvalue weighted by Gasteiger charge is -2.15. The van der Waals surface area contributed by atoms with Gasteiger partial charge in [0, 0.05) is 0 Å². The van der Waals surface area contributed by atoms with Crippen LogP contribution in [0.3, 0.4) is 0 Å². The molecule has 0 unspecified atom stereocenters. The van der Waals surface area contributed by atoms with E-state index in [0.29, 0.717) is 0 Å². The molecule has 0 nitrogen and oxygen atoms in total. The van der Waals surface area contributed by atoms with Crippen LogP contribution in [0, 0.1) is 6.92 Å². The molecule has 1 aromatic carbocycles. The van der Waals surface area contributed by atoms with Gasteiger partial charge in [0.1, 0.15) is 0 Å². The maximum absolute atomic E-state index is 4.23. The van der Waals surface area contributed by atoms with E-state index in [1.165, 1.54) is 47.6 Å². The summed E-state index contributed by atoms with van der Waals surface area (Å²) in [5.41, 5.74) is 6.65. The first-order valence-corrected chi connectivity index (χ1v) is 7.15. The van der Waals surface area contributed by atoms with Gasteiger partial charge < -0.3 is 0 Å². The van der Waals surface area contributed by atoms with Crippen molar-refractivity contribution in [1.29, 1.82) is 0 Å². The molecule has 1 aliphatic carbocycles. The van der Waals surface area contributed by atoms with Crippen LogP contribution in [0.15, 0.2) is 29.9 Å². The molecule has 0 aromatic heterocycles. The van der Waals surface area contributed by atoms with Crippen molar-refractivity contribution >= 4 is 18.2 Å². The molecule has 0 heterocycles. The number of hydrogen-bond acceptors (Lipinski definition) is 0. The fraction of sp³-hybridized carbons (Fsp3) is 0.368. The van der Waals surface area contributed by atoms with Crippen molar-refractivity contribution in [2.24, 2.45) is 0 Å². The third-order valence-electron chi connectivity index (χ3n) is 4.13. The van der Waals surface area contributed by atoms with Gasteiger partial charge in [-0.25, -0.2) is 0 Å². The first-order valence-electron chi connectivity index (χ1n) is 7.15. The van der Waals surface area contributed by atoms with Crippen LogP contribution < -0.4 is 10.4 Å². The van der Waals surface area contributed by atoms with Crippen LogP contribution in [0.1, 0.15) is 50.7 Å². The fourth-order valence-corrected chi connectivity index (χ4v) is 2.68. The van der Waals surface area contributed by atoms with Gasteiger partial charge in [0.2, 0.25) is 0 Å². The molecule has 0 bridgehead atoms. The van der Waals surface area contributed by atoms with Crippen LogP contribution in [-0.2, 0) is 0 Å². The summed E-state index contributed by atoms with van der Waals surface area (Å²) < 4.78 is 0. The summed E-state index contributed by atoms with van der Waals surface area (Å²) in [5, 5.41) is 2.41. The van der Waals surface area contributed by atoms with Crippen molar-refractivity contribution in [2.75, 3.05) is 0 Å². The summed E-state index contributed by atoms with van der Waals surface area (Å²) in [7, 11) is 0. The van der Waals surface area contributed by atoms with Crippen molar-refractivity contribution in [3.05, 3.63) is 51.4 Å². The van der Waals surface area contributed by atoms with Gasteiger partial charge in [-0.05, 0) is 79.7 Å². The number of aryl methyl sites for hydroxylation is 1. The minimum Gasteiger partial charge on any atom is -0.0955 e. The van der Waals surface area contributed by atoms with E-state index in [1.807, 2.05) is 0 Å². The third kappa shape index (κ3) is 3.07. The molecule has 0 spiro atoms. The summed E-state index contributed by atoms with van der Waals surface area (Å²) in [5.74, 6) is 0. The summed E-state index contributed by atoms with van der Waals surface area (Å²) in [6, 6.07) is 4.41. The van der Waals surface area contributed by atoms with Crippen LogP contribution in [0.2, 0.25) is 0 Å². The standard InChI is InChI=1S/C19H24/c1-13(2)18-10-15(4)16(5)19(12-18)11-17-9-7-6-8-14(17)3/h10-12H,1,5-9H2,2-4H3/b19-11-. The van der Waals surface area contributed by atoms with Gasteiger partial charge in [0.05, 0.1) is 0 Å². The van der Waals surface area contributed by atoms with Crippen LogP contribution in [0.4, 0.5) is 0 Å². The minimum absolute atomic E-state index is 1.12. The molecule has 0 atom stereocenters. The predicted octanol–water partition coefficient (Wildman–Crippen LogP) is 4.11. The number of benzene rings is 1. The first-order chi connectivity index (χ1) is 8.99. The maximum Gasteiger partial charge on any atom is -0.0179 e. The van der Waals surface area contributed by atoms with Crippen LogP contribution >= 0.6 is 0 Å². The number of allylic oxidation sites excluding steroid dienone is 3. The third-order valence-corrected chi connectivity index (χ3v) is 4.13. The average Bonchev–Trinajstić information content (AvgIpc) is 2.37. The van der Waals surface area contributed by atoms with Gasteiger partial charge in [-0.3, -0.25) is 0 Å². The van der Waals surface area contributed by atoms with Gasteiger partial charge >= 0.3 is 0 Å². The lowest BCUT2D eigenvalue weighted by molar-refractivity contribution is 0.687. The molecule has 1 aliphatic rings. The van der Waals surface area contributed by atoms with Crippen LogP contribution in [-0.4, -0.2) is 0 Å². The van der Waals surface area contributed by atoms with Gasteiger partial charge in [-0.2, -0.15) is 0 Å². The molecule has 0 saturated carbocycles. The Bertz CT molecular complexity index is 641. The van der Waals surface area contributed by atoms with E-state index in [0.717, 1.165) is 10.8 Å². The highest BCUT2D eigenvalue weighted by molar-refractivity contribution is 5.63. The van der Waals surface area contributed by atoms with E-state index in [2.05, 4.69) is 52.1 Å². The molecule has 0 saturated heterocycles. The molecule has 0 aliphatic heterocycles. The average molecular weight is 252 g/mol. The molecular formula is C19H24. The molecule has 100 valence electrons. The normalized spacial score (nSPS) is 16.9. The Balaban J connectivity index is 2.61. The zero-order valence-electron chi connectivity index (χ0n) is 12.5. The summed E-state index contributed by atoms with van der Waals surface area (Å²) in [6.45, 7) is 14.7. The molecule has 0 N–H and O–H groups in total. The quantitative estimate of drug-likeness (QED) is 0.743. The molecule has 0 amide bonds. The van der Waals surface area contributed by atoms with Gasteiger partial charge in [-0.15, -0.1) is 0 Å². The number of hydrogen-bond donors (Lipinski definition) is 0. The van der Waals surface area contributed by atoms with Crippen molar-refractivity contribution in [3.63, 3.8) is 0 Å². The predicted molar refractivity (Wildman–Crippen MR) is 86.3 cm³/mol.